The fourth-order valence-electron chi connectivity index (χ4n) is 2.55. The highest BCUT2D eigenvalue weighted by Crippen LogP contribution is 2.24. The van der Waals surface area contributed by atoms with Gasteiger partial charge < -0.3 is 5.32 Å². The van der Waals surface area contributed by atoms with E-state index in [4.69, 9.17) is 0 Å². The Kier molecular flexibility index (Phi) is 4.95. The Balaban J connectivity index is 2.36. The molecule has 0 saturated carbocycles. The summed E-state index contributed by atoms with van der Waals surface area (Å²) in [7, 11) is 1.97. The third-order valence-corrected chi connectivity index (χ3v) is 3.44. The fourth-order valence-corrected chi connectivity index (χ4v) is 2.55. The first-order valence-corrected chi connectivity index (χ1v) is 7.42. The molecule has 2 aromatic heterocycles. The van der Waals surface area contributed by atoms with Crippen molar-refractivity contribution in [2.75, 3.05) is 6.54 Å². The van der Waals surface area contributed by atoms with Crippen LogP contribution in [0.1, 0.15) is 49.7 Å². The second-order valence-electron chi connectivity index (χ2n) is 5.21. The van der Waals surface area contributed by atoms with Crippen molar-refractivity contribution in [2.24, 2.45) is 7.05 Å². The van der Waals surface area contributed by atoms with E-state index in [1.807, 2.05) is 17.9 Å². The fraction of sp³-hybridized carbons (Fsp3) is 0.600. The van der Waals surface area contributed by atoms with Gasteiger partial charge >= 0.3 is 0 Å². The van der Waals surface area contributed by atoms with Crippen LogP contribution >= 0.6 is 0 Å². The van der Waals surface area contributed by atoms with E-state index in [1.54, 1.807) is 0 Å². The highest BCUT2D eigenvalue weighted by molar-refractivity contribution is 5.29. The van der Waals surface area contributed by atoms with E-state index >= 15 is 0 Å². The summed E-state index contributed by atoms with van der Waals surface area (Å²) in [5.41, 5.74) is 3.53. The van der Waals surface area contributed by atoms with Gasteiger partial charge in [-0.3, -0.25) is 9.36 Å². The van der Waals surface area contributed by atoms with Crippen LogP contribution in [-0.4, -0.2) is 26.1 Å². The van der Waals surface area contributed by atoms with Crippen molar-refractivity contribution in [1.82, 2.24) is 24.9 Å². The van der Waals surface area contributed by atoms with E-state index in [2.05, 4.69) is 53.2 Å². The average molecular weight is 275 g/mol. The van der Waals surface area contributed by atoms with Gasteiger partial charge in [0.15, 0.2) is 0 Å². The Morgan fingerprint density at radius 2 is 2.10 bits per heavy atom. The second-order valence-corrected chi connectivity index (χ2v) is 5.21. The van der Waals surface area contributed by atoms with Crippen molar-refractivity contribution >= 4 is 0 Å². The van der Waals surface area contributed by atoms with E-state index < -0.39 is 0 Å². The Bertz CT molecular complexity index is 540. The molecule has 2 aromatic rings. The minimum absolute atomic E-state index is 0.165. The second kappa shape index (κ2) is 6.70. The minimum Gasteiger partial charge on any atom is -0.305 e. The maximum Gasteiger partial charge on any atom is 0.0781 e. The summed E-state index contributed by atoms with van der Waals surface area (Å²) < 4.78 is 3.98. The molecule has 1 atom stereocenters. The predicted molar refractivity (Wildman–Crippen MR) is 80.6 cm³/mol. The highest BCUT2D eigenvalue weighted by Gasteiger charge is 2.21. The van der Waals surface area contributed by atoms with Crippen LogP contribution in [-0.2, 0) is 13.6 Å². The lowest BCUT2D eigenvalue weighted by molar-refractivity contribution is 0.510. The first-order chi connectivity index (χ1) is 9.67. The van der Waals surface area contributed by atoms with Gasteiger partial charge in [0.1, 0.15) is 0 Å². The SMILES string of the molecule is CCCNC(c1cn(C)nc1C)c1ccnn1CCC. The molecule has 0 aliphatic rings. The zero-order valence-corrected chi connectivity index (χ0v) is 12.9. The van der Waals surface area contributed by atoms with Crippen LogP contribution in [0.5, 0.6) is 0 Å². The van der Waals surface area contributed by atoms with Gasteiger partial charge in [-0.05, 0) is 32.4 Å². The van der Waals surface area contributed by atoms with E-state index in [-0.39, 0.29) is 6.04 Å². The van der Waals surface area contributed by atoms with Crippen molar-refractivity contribution in [3.8, 4) is 0 Å². The number of nitrogens with zero attached hydrogens (tertiary/aromatic N) is 4. The minimum atomic E-state index is 0.165. The molecule has 0 aliphatic heterocycles. The number of aryl methyl sites for hydroxylation is 3. The molecule has 5 heteroatoms. The Morgan fingerprint density at radius 1 is 1.30 bits per heavy atom. The lowest BCUT2D eigenvalue weighted by Gasteiger charge is -2.19. The number of nitrogens with one attached hydrogen (secondary N) is 1. The van der Waals surface area contributed by atoms with Crippen molar-refractivity contribution in [1.29, 1.82) is 0 Å². The number of rotatable bonds is 7. The molecule has 2 rings (SSSR count). The van der Waals surface area contributed by atoms with E-state index in [1.165, 1.54) is 11.3 Å². The summed E-state index contributed by atoms with van der Waals surface area (Å²) >= 11 is 0. The molecule has 1 N–H and O–H groups in total. The van der Waals surface area contributed by atoms with Gasteiger partial charge in [0.05, 0.1) is 17.4 Å². The van der Waals surface area contributed by atoms with Crippen molar-refractivity contribution < 1.29 is 0 Å². The molecule has 20 heavy (non-hydrogen) atoms. The summed E-state index contributed by atoms with van der Waals surface area (Å²) in [5, 5.41) is 12.5. The van der Waals surface area contributed by atoms with Gasteiger partial charge in [-0.2, -0.15) is 10.2 Å². The number of hydrogen-bond donors (Lipinski definition) is 1. The third-order valence-electron chi connectivity index (χ3n) is 3.44. The summed E-state index contributed by atoms with van der Waals surface area (Å²) in [6.45, 7) is 8.36. The quantitative estimate of drug-likeness (QED) is 0.844. The van der Waals surface area contributed by atoms with Crippen LogP contribution in [0.3, 0.4) is 0 Å². The van der Waals surface area contributed by atoms with Crippen LogP contribution in [0.4, 0.5) is 0 Å². The van der Waals surface area contributed by atoms with Gasteiger partial charge in [0.25, 0.3) is 0 Å². The molecule has 110 valence electrons. The predicted octanol–water partition coefficient (Wildman–Crippen LogP) is 2.42. The zero-order chi connectivity index (χ0) is 14.5. The lowest BCUT2D eigenvalue weighted by atomic mass is 10.0. The summed E-state index contributed by atoms with van der Waals surface area (Å²) in [6.07, 6.45) is 6.18. The van der Waals surface area contributed by atoms with E-state index in [0.717, 1.165) is 31.6 Å². The Hall–Kier alpha value is -1.62. The molecule has 0 amide bonds. The summed E-state index contributed by atoms with van der Waals surface area (Å²) in [6, 6.07) is 2.27. The number of aromatic nitrogens is 4. The Morgan fingerprint density at radius 3 is 2.70 bits per heavy atom. The molecule has 0 aliphatic carbocycles. The van der Waals surface area contributed by atoms with Crippen molar-refractivity contribution in [2.45, 2.75) is 46.2 Å². The van der Waals surface area contributed by atoms with Crippen LogP contribution in [0.2, 0.25) is 0 Å². The number of hydrogen-bond acceptors (Lipinski definition) is 3. The van der Waals surface area contributed by atoms with Gasteiger partial charge in [0.2, 0.25) is 0 Å². The van der Waals surface area contributed by atoms with Gasteiger partial charge in [-0.15, -0.1) is 0 Å². The van der Waals surface area contributed by atoms with Crippen LogP contribution in [0, 0.1) is 6.92 Å². The maximum absolute atomic E-state index is 4.47. The maximum atomic E-state index is 4.47. The van der Waals surface area contributed by atoms with Gasteiger partial charge in [-0.25, -0.2) is 0 Å². The first-order valence-electron chi connectivity index (χ1n) is 7.42. The van der Waals surface area contributed by atoms with Gasteiger partial charge in [0, 0.05) is 31.5 Å². The van der Waals surface area contributed by atoms with E-state index in [9.17, 15) is 0 Å². The average Bonchev–Trinajstić information content (AvgIpc) is 2.99. The summed E-state index contributed by atoms with van der Waals surface area (Å²) in [4.78, 5) is 0. The van der Waals surface area contributed by atoms with Crippen LogP contribution in [0.15, 0.2) is 18.5 Å². The molecular formula is C15H25N5. The smallest absolute Gasteiger partial charge is 0.0781 e. The standard InChI is InChI=1S/C15H25N5/c1-5-8-16-15(13-11-19(4)18-12(13)3)14-7-9-17-20(14)10-6-2/h7,9,11,15-16H,5-6,8,10H2,1-4H3. The molecule has 0 fully saturated rings. The van der Waals surface area contributed by atoms with Crippen LogP contribution in [0.25, 0.3) is 0 Å². The molecule has 0 spiro atoms. The molecular weight excluding hydrogens is 250 g/mol. The lowest BCUT2D eigenvalue weighted by Crippen LogP contribution is -2.26. The monoisotopic (exact) mass is 275 g/mol. The molecule has 1 unspecified atom stereocenters. The first kappa shape index (κ1) is 14.8. The highest BCUT2D eigenvalue weighted by atomic mass is 15.3. The Labute approximate surface area is 121 Å². The van der Waals surface area contributed by atoms with Crippen molar-refractivity contribution in [3.63, 3.8) is 0 Å². The largest absolute Gasteiger partial charge is 0.305 e. The summed E-state index contributed by atoms with van der Waals surface area (Å²) in [5.74, 6) is 0. The molecule has 0 bridgehead atoms. The molecule has 0 radical (unpaired) electrons. The molecule has 2 heterocycles. The van der Waals surface area contributed by atoms with Gasteiger partial charge in [-0.1, -0.05) is 13.8 Å². The normalized spacial score (nSPS) is 12.8. The topological polar surface area (TPSA) is 47.7 Å². The van der Waals surface area contributed by atoms with Crippen LogP contribution < -0.4 is 5.32 Å². The zero-order valence-electron chi connectivity index (χ0n) is 12.9. The third kappa shape index (κ3) is 3.10. The van der Waals surface area contributed by atoms with Crippen molar-refractivity contribution in [3.05, 3.63) is 35.4 Å². The van der Waals surface area contributed by atoms with E-state index in [0.29, 0.717) is 0 Å². The molecule has 0 saturated heterocycles. The molecule has 5 nitrogen and oxygen atoms in total. The molecule has 0 aromatic carbocycles.